The number of carboxylic acids is 1. The van der Waals surface area contributed by atoms with Crippen molar-refractivity contribution < 1.29 is 19.4 Å². The van der Waals surface area contributed by atoms with E-state index < -0.39 is 5.97 Å². The molecule has 0 spiro atoms. The first-order chi connectivity index (χ1) is 14.5. The number of benzene rings is 1. The van der Waals surface area contributed by atoms with Gasteiger partial charge >= 0.3 is 5.97 Å². The number of nitrogens with zero attached hydrogens (tertiary/aromatic N) is 1. The summed E-state index contributed by atoms with van der Waals surface area (Å²) in [5.74, 6) is -0.625. The molecule has 0 bridgehead atoms. The number of rotatable bonds is 9. The van der Waals surface area contributed by atoms with E-state index >= 15 is 0 Å². The predicted molar refractivity (Wildman–Crippen MR) is 116 cm³/mol. The van der Waals surface area contributed by atoms with Gasteiger partial charge in [0.1, 0.15) is 0 Å². The first kappa shape index (κ1) is 22.2. The van der Waals surface area contributed by atoms with Gasteiger partial charge in [0, 0.05) is 30.1 Å². The summed E-state index contributed by atoms with van der Waals surface area (Å²) in [6, 6.07) is 14.4. The van der Waals surface area contributed by atoms with E-state index in [0.29, 0.717) is 13.0 Å². The lowest BCUT2D eigenvalue weighted by Gasteiger charge is -2.43. The molecule has 160 valence electrons. The molecular weight excluding hydrogens is 378 g/mol. The lowest BCUT2D eigenvalue weighted by Crippen LogP contribution is -2.44. The van der Waals surface area contributed by atoms with Crippen molar-refractivity contribution in [2.24, 2.45) is 11.3 Å². The minimum Gasteiger partial charge on any atom is -0.481 e. The molecule has 1 aromatic heterocycles. The highest BCUT2D eigenvalue weighted by atomic mass is 16.7. The van der Waals surface area contributed by atoms with E-state index in [0.717, 1.165) is 18.4 Å². The second-order valence-electron chi connectivity index (χ2n) is 8.56. The zero-order valence-corrected chi connectivity index (χ0v) is 17.7. The molecule has 1 fully saturated rings. The monoisotopic (exact) mass is 409 g/mol. The summed E-state index contributed by atoms with van der Waals surface area (Å²) in [6.07, 6.45) is 9.47. The van der Waals surface area contributed by atoms with Crippen LogP contribution in [-0.2, 0) is 20.7 Å². The second kappa shape index (κ2) is 10.5. The highest BCUT2D eigenvalue weighted by Gasteiger charge is 2.40. The van der Waals surface area contributed by atoms with Crippen molar-refractivity contribution in [2.75, 3.05) is 6.61 Å². The van der Waals surface area contributed by atoms with Crippen molar-refractivity contribution in [3.05, 3.63) is 78.1 Å². The van der Waals surface area contributed by atoms with Gasteiger partial charge in [-0.2, -0.15) is 0 Å². The third-order valence-corrected chi connectivity index (χ3v) is 5.44. The lowest BCUT2D eigenvalue weighted by atomic mass is 9.83. The van der Waals surface area contributed by atoms with Gasteiger partial charge in [-0.1, -0.05) is 62.4 Å². The number of pyridine rings is 1. The summed E-state index contributed by atoms with van der Waals surface area (Å²) in [6.45, 7) is 4.94. The van der Waals surface area contributed by atoms with E-state index in [1.54, 1.807) is 6.20 Å². The molecular formula is C25H31NO4. The van der Waals surface area contributed by atoms with Gasteiger partial charge in [0.05, 0.1) is 12.7 Å². The van der Waals surface area contributed by atoms with Gasteiger partial charge in [0.15, 0.2) is 6.29 Å². The van der Waals surface area contributed by atoms with Crippen molar-refractivity contribution in [3.63, 3.8) is 0 Å². The zero-order chi connectivity index (χ0) is 21.4. The average Bonchev–Trinajstić information content (AvgIpc) is 2.74. The first-order valence-corrected chi connectivity index (χ1v) is 10.5. The van der Waals surface area contributed by atoms with Gasteiger partial charge < -0.3 is 14.6 Å². The predicted octanol–water partition coefficient (Wildman–Crippen LogP) is 5.19. The molecule has 5 nitrogen and oxygen atoms in total. The van der Waals surface area contributed by atoms with Crippen LogP contribution in [-0.4, -0.2) is 29.0 Å². The van der Waals surface area contributed by atoms with Crippen molar-refractivity contribution in [3.8, 4) is 0 Å². The van der Waals surface area contributed by atoms with Gasteiger partial charge in [-0.25, -0.2) is 0 Å². The number of aromatic nitrogens is 1. The normalized spacial score (nSPS) is 22.3. The Morgan fingerprint density at radius 3 is 2.70 bits per heavy atom. The van der Waals surface area contributed by atoms with Crippen LogP contribution in [0.4, 0.5) is 0 Å². The number of ether oxygens (including phenoxy) is 2. The van der Waals surface area contributed by atoms with Gasteiger partial charge in [0.2, 0.25) is 0 Å². The molecule has 0 unspecified atom stereocenters. The molecule has 2 heterocycles. The SMILES string of the molecule is CC(C)(Cc1ccccc1)[C@H]1OC[C@@H](C/C=C\CCC(=O)O)[C@@H](c2cccnc2)O1. The molecule has 1 N–H and O–H groups in total. The number of hydrogen-bond donors (Lipinski definition) is 1. The minimum atomic E-state index is -0.777. The van der Waals surface area contributed by atoms with Gasteiger partial charge in [0.25, 0.3) is 0 Å². The largest absolute Gasteiger partial charge is 0.481 e. The van der Waals surface area contributed by atoms with Crippen LogP contribution in [0, 0.1) is 11.3 Å². The molecule has 1 aliphatic rings. The highest BCUT2D eigenvalue weighted by molar-refractivity contribution is 5.66. The molecule has 5 heteroatoms. The fraction of sp³-hybridized carbons (Fsp3) is 0.440. The average molecular weight is 410 g/mol. The number of hydrogen-bond acceptors (Lipinski definition) is 4. The number of carbonyl (C=O) groups is 1. The van der Waals surface area contributed by atoms with E-state index in [4.69, 9.17) is 14.6 Å². The third-order valence-electron chi connectivity index (χ3n) is 5.44. The zero-order valence-electron chi connectivity index (χ0n) is 17.7. The fourth-order valence-electron chi connectivity index (χ4n) is 3.88. The molecule has 1 saturated heterocycles. The smallest absolute Gasteiger partial charge is 0.303 e. The molecule has 1 aromatic carbocycles. The Morgan fingerprint density at radius 2 is 2.00 bits per heavy atom. The summed E-state index contributed by atoms with van der Waals surface area (Å²) in [4.78, 5) is 15.0. The molecule has 1 aliphatic heterocycles. The van der Waals surface area contributed by atoms with E-state index in [9.17, 15) is 4.79 Å². The van der Waals surface area contributed by atoms with Crippen LogP contribution in [0.15, 0.2) is 67.0 Å². The van der Waals surface area contributed by atoms with Gasteiger partial charge in [-0.05, 0) is 36.5 Å². The maximum absolute atomic E-state index is 10.7. The Labute approximate surface area is 178 Å². The van der Waals surface area contributed by atoms with Crippen LogP contribution < -0.4 is 0 Å². The highest BCUT2D eigenvalue weighted by Crippen LogP contribution is 2.40. The topological polar surface area (TPSA) is 68.7 Å². The molecule has 2 aromatic rings. The number of carboxylic acid groups (broad SMARTS) is 1. The summed E-state index contributed by atoms with van der Waals surface area (Å²) in [5, 5.41) is 8.78. The van der Waals surface area contributed by atoms with Crippen LogP contribution >= 0.6 is 0 Å². The van der Waals surface area contributed by atoms with Crippen molar-refractivity contribution in [1.82, 2.24) is 4.98 Å². The van der Waals surface area contributed by atoms with E-state index in [1.807, 2.05) is 36.5 Å². The molecule has 0 aliphatic carbocycles. The van der Waals surface area contributed by atoms with Crippen LogP contribution in [0.2, 0.25) is 0 Å². The Hall–Kier alpha value is -2.50. The Kier molecular flexibility index (Phi) is 7.77. The van der Waals surface area contributed by atoms with E-state index in [1.165, 1.54) is 5.56 Å². The van der Waals surface area contributed by atoms with E-state index in [-0.39, 0.29) is 30.1 Å². The summed E-state index contributed by atoms with van der Waals surface area (Å²) >= 11 is 0. The molecule has 0 radical (unpaired) electrons. The summed E-state index contributed by atoms with van der Waals surface area (Å²) in [5.41, 5.74) is 2.12. The minimum absolute atomic E-state index is 0.114. The molecule has 3 atom stereocenters. The maximum Gasteiger partial charge on any atom is 0.303 e. The van der Waals surface area contributed by atoms with Crippen molar-refractivity contribution >= 4 is 5.97 Å². The van der Waals surface area contributed by atoms with Crippen LogP contribution in [0.1, 0.15) is 50.3 Å². The quantitative estimate of drug-likeness (QED) is 0.577. The van der Waals surface area contributed by atoms with Crippen LogP contribution in [0.5, 0.6) is 0 Å². The number of allylic oxidation sites excluding steroid dienone is 2. The van der Waals surface area contributed by atoms with Crippen molar-refractivity contribution in [2.45, 2.75) is 51.9 Å². The standard InChI is InChI=1S/C25H31NO4/c1-25(2,16-19-10-5-3-6-11-19)24-29-18-21(12-7-4-8-14-22(27)28)23(30-24)20-13-9-15-26-17-20/h3-7,9-11,13,15,17,21,23-24H,8,12,14,16,18H2,1-2H3,(H,27,28)/b7-4-/t21-,23-,24+/m1/s1. The fourth-order valence-corrected chi connectivity index (χ4v) is 3.88. The van der Waals surface area contributed by atoms with Gasteiger partial charge in [-0.15, -0.1) is 0 Å². The van der Waals surface area contributed by atoms with Crippen LogP contribution in [0.3, 0.4) is 0 Å². The second-order valence-corrected chi connectivity index (χ2v) is 8.56. The first-order valence-electron chi connectivity index (χ1n) is 10.5. The van der Waals surface area contributed by atoms with E-state index in [2.05, 4.69) is 43.1 Å². The van der Waals surface area contributed by atoms with Gasteiger partial charge in [-0.3, -0.25) is 9.78 Å². The molecule has 3 rings (SSSR count). The summed E-state index contributed by atoms with van der Waals surface area (Å²) < 4.78 is 12.7. The lowest BCUT2D eigenvalue weighted by molar-refractivity contribution is -0.278. The Morgan fingerprint density at radius 1 is 1.20 bits per heavy atom. The third kappa shape index (κ3) is 6.25. The molecule has 30 heavy (non-hydrogen) atoms. The Bertz CT molecular complexity index is 820. The number of aliphatic carboxylic acids is 1. The maximum atomic E-state index is 10.7. The van der Waals surface area contributed by atoms with Crippen molar-refractivity contribution in [1.29, 1.82) is 0 Å². The molecule has 0 saturated carbocycles. The summed E-state index contributed by atoms with van der Waals surface area (Å²) in [7, 11) is 0. The van der Waals surface area contributed by atoms with Crippen LogP contribution in [0.25, 0.3) is 0 Å². The molecule has 0 amide bonds. The Balaban J connectivity index is 1.70.